The summed E-state index contributed by atoms with van der Waals surface area (Å²) in [6, 6.07) is 11.9. The molecule has 1 aromatic carbocycles. The van der Waals surface area contributed by atoms with Crippen molar-refractivity contribution in [2.45, 2.75) is 5.54 Å². The molecule has 1 heterocycles. The van der Waals surface area contributed by atoms with Gasteiger partial charge in [0.15, 0.2) is 9.84 Å². The van der Waals surface area contributed by atoms with Crippen LogP contribution in [0.2, 0.25) is 0 Å². The van der Waals surface area contributed by atoms with Crippen LogP contribution in [-0.2, 0) is 15.4 Å². The van der Waals surface area contributed by atoms with Crippen molar-refractivity contribution in [2.24, 2.45) is 0 Å². The highest BCUT2D eigenvalue weighted by Crippen LogP contribution is 2.22. The van der Waals surface area contributed by atoms with Gasteiger partial charge in [0.05, 0.1) is 17.6 Å². The molecule has 0 bridgehead atoms. The number of nitriles is 1. The van der Waals surface area contributed by atoms with E-state index < -0.39 is 15.4 Å². The molecule has 2 rings (SSSR count). The summed E-state index contributed by atoms with van der Waals surface area (Å²) in [6.45, 7) is 1.46. The van der Waals surface area contributed by atoms with Gasteiger partial charge in [0.1, 0.15) is 5.54 Å². The topological polar surface area (TPSA) is 73.2 Å². The highest BCUT2D eigenvalue weighted by atomic mass is 32.2. The van der Waals surface area contributed by atoms with Gasteiger partial charge in [0, 0.05) is 19.6 Å². The molecule has 1 aliphatic rings. The van der Waals surface area contributed by atoms with Crippen LogP contribution in [-0.4, -0.2) is 51.5 Å². The number of hydrogen-bond donors (Lipinski definition) is 1. The van der Waals surface area contributed by atoms with Crippen LogP contribution in [0.1, 0.15) is 5.56 Å². The van der Waals surface area contributed by atoms with Crippen molar-refractivity contribution in [3.8, 4) is 6.07 Å². The van der Waals surface area contributed by atoms with Crippen LogP contribution in [0.15, 0.2) is 30.3 Å². The van der Waals surface area contributed by atoms with E-state index in [0.717, 1.165) is 5.56 Å². The van der Waals surface area contributed by atoms with Gasteiger partial charge in [0.2, 0.25) is 0 Å². The summed E-state index contributed by atoms with van der Waals surface area (Å²) < 4.78 is 22.9. The summed E-state index contributed by atoms with van der Waals surface area (Å²) in [7, 11) is -1.13. The van der Waals surface area contributed by atoms with Gasteiger partial charge in [-0.3, -0.25) is 10.2 Å². The minimum Gasteiger partial charge on any atom is -0.298 e. The van der Waals surface area contributed by atoms with Gasteiger partial charge in [-0.05, 0) is 12.6 Å². The molecule has 0 spiro atoms. The number of rotatable bonds is 4. The standard InChI is InChI=1S/C14H19N3O2S/c1-16-14(11-15,13-5-3-2-4-6-13)12-17-7-9-20(18,19)10-8-17/h2-6,16H,7-10,12H2,1H3. The fraction of sp³-hybridized carbons (Fsp3) is 0.500. The molecule has 1 aromatic rings. The zero-order valence-corrected chi connectivity index (χ0v) is 12.4. The largest absolute Gasteiger partial charge is 0.298 e. The van der Waals surface area contributed by atoms with Crippen molar-refractivity contribution >= 4 is 9.84 Å². The molecule has 1 fully saturated rings. The number of benzene rings is 1. The van der Waals surface area contributed by atoms with Gasteiger partial charge in [-0.15, -0.1) is 0 Å². The van der Waals surface area contributed by atoms with E-state index in [2.05, 4.69) is 11.4 Å². The monoisotopic (exact) mass is 293 g/mol. The van der Waals surface area contributed by atoms with Crippen molar-refractivity contribution in [2.75, 3.05) is 38.2 Å². The van der Waals surface area contributed by atoms with Gasteiger partial charge in [-0.2, -0.15) is 5.26 Å². The third kappa shape index (κ3) is 3.18. The molecule has 1 aliphatic heterocycles. The maximum atomic E-state index is 11.5. The Hall–Kier alpha value is -1.42. The van der Waals surface area contributed by atoms with Crippen LogP contribution in [0.5, 0.6) is 0 Å². The summed E-state index contributed by atoms with van der Waals surface area (Å²) >= 11 is 0. The molecule has 108 valence electrons. The van der Waals surface area contributed by atoms with E-state index in [1.807, 2.05) is 35.2 Å². The first-order valence-electron chi connectivity index (χ1n) is 6.60. The van der Waals surface area contributed by atoms with Crippen LogP contribution in [0, 0.1) is 11.3 Å². The molecular weight excluding hydrogens is 274 g/mol. The minimum absolute atomic E-state index is 0.174. The highest BCUT2D eigenvalue weighted by molar-refractivity contribution is 7.91. The molecule has 0 aromatic heterocycles. The minimum atomic E-state index is -2.89. The molecule has 1 unspecified atom stereocenters. The number of nitrogens with zero attached hydrogens (tertiary/aromatic N) is 2. The molecule has 20 heavy (non-hydrogen) atoms. The van der Waals surface area contributed by atoms with Crippen molar-refractivity contribution in [3.63, 3.8) is 0 Å². The van der Waals surface area contributed by atoms with Crippen molar-refractivity contribution in [3.05, 3.63) is 35.9 Å². The Kier molecular flexibility index (Phi) is 4.43. The Balaban J connectivity index is 2.17. The quantitative estimate of drug-likeness (QED) is 0.867. The van der Waals surface area contributed by atoms with Crippen molar-refractivity contribution in [1.82, 2.24) is 10.2 Å². The van der Waals surface area contributed by atoms with E-state index in [-0.39, 0.29) is 11.5 Å². The first-order chi connectivity index (χ1) is 9.51. The average molecular weight is 293 g/mol. The van der Waals surface area contributed by atoms with Crippen LogP contribution in [0.25, 0.3) is 0 Å². The van der Waals surface area contributed by atoms with Gasteiger partial charge in [-0.1, -0.05) is 30.3 Å². The third-order valence-corrected chi connectivity index (χ3v) is 5.39. The Morgan fingerprint density at radius 2 is 1.90 bits per heavy atom. The van der Waals surface area contributed by atoms with E-state index in [1.165, 1.54) is 0 Å². The van der Waals surface area contributed by atoms with Crippen LogP contribution in [0.3, 0.4) is 0 Å². The molecule has 1 saturated heterocycles. The second-order valence-corrected chi connectivity index (χ2v) is 7.36. The Bertz CT molecular complexity index is 581. The van der Waals surface area contributed by atoms with Crippen molar-refractivity contribution < 1.29 is 8.42 Å². The lowest BCUT2D eigenvalue weighted by Crippen LogP contribution is -2.52. The van der Waals surface area contributed by atoms with Crippen LogP contribution < -0.4 is 5.32 Å². The van der Waals surface area contributed by atoms with Crippen LogP contribution in [0.4, 0.5) is 0 Å². The molecular formula is C14H19N3O2S. The summed E-state index contributed by atoms with van der Waals surface area (Å²) in [5, 5.41) is 12.7. The summed E-state index contributed by atoms with van der Waals surface area (Å²) in [4.78, 5) is 2.04. The number of nitrogens with one attached hydrogen (secondary N) is 1. The lowest BCUT2D eigenvalue weighted by atomic mass is 9.91. The van der Waals surface area contributed by atoms with Crippen molar-refractivity contribution in [1.29, 1.82) is 5.26 Å². The van der Waals surface area contributed by atoms with E-state index in [0.29, 0.717) is 19.6 Å². The predicted octanol–water partition coefficient (Wildman–Crippen LogP) is 0.355. The average Bonchev–Trinajstić information content (AvgIpc) is 2.48. The molecule has 0 aliphatic carbocycles. The van der Waals surface area contributed by atoms with Crippen LogP contribution >= 0.6 is 0 Å². The lowest BCUT2D eigenvalue weighted by molar-refractivity contribution is 0.232. The Morgan fingerprint density at radius 3 is 2.40 bits per heavy atom. The van der Waals surface area contributed by atoms with E-state index in [4.69, 9.17) is 0 Å². The zero-order chi connectivity index (χ0) is 14.6. The second kappa shape index (κ2) is 5.92. The number of hydrogen-bond acceptors (Lipinski definition) is 5. The van der Waals surface area contributed by atoms with E-state index in [9.17, 15) is 13.7 Å². The molecule has 5 nitrogen and oxygen atoms in total. The van der Waals surface area contributed by atoms with Gasteiger partial charge >= 0.3 is 0 Å². The first kappa shape index (κ1) is 15.0. The molecule has 1 N–H and O–H groups in total. The molecule has 0 saturated carbocycles. The SMILES string of the molecule is CNC(C#N)(CN1CCS(=O)(=O)CC1)c1ccccc1. The predicted molar refractivity (Wildman–Crippen MR) is 77.9 cm³/mol. The second-order valence-electron chi connectivity index (χ2n) is 5.06. The third-order valence-electron chi connectivity index (χ3n) is 3.78. The van der Waals surface area contributed by atoms with Gasteiger partial charge in [0.25, 0.3) is 0 Å². The first-order valence-corrected chi connectivity index (χ1v) is 8.42. The van der Waals surface area contributed by atoms with Gasteiger partial charge in [-0.25, -0.2) is 8.42 Å². The van der Waals surface area contributed by atoms with Gasteiger partial charge < -0.3 is 0 Å². The maximum absolute atomic E-state index is 11.5. The molecule has 0 amide bonds. The molecule has 0 radical (unpaired) electrons. The fourth-order valence-electron chi connectivity index (χ4n) is 2.44. The smallest absolute Gasteiger partial charge is 0.152 e. The number of likely N-dealkylation sites (N-methyl/N-ethyl adjacent to an activating group) is 1. The maximum Gasteiger partial charge on any atom is 0.152 e. The van der Waals surface area contributed by atoms with E-state index >= 15 is 0 Å². The zero-order valence-electron chi connectivity index (χ0n) is 11.5. The summed E-state index contributed by atoms with van der Waals surface area (Å²) in [5.74, 6) is 0.347. The molecule has 1 atom stereocenters. The Labute approximate surface area is 120 Å². The molecule has 6 heteroatoms. The normalized spacial score (nSPS) is 21.8. The summed E-state index contributed by atoms with van der Waals surface area (Å²) in [6.07, 6.45) is 0. The highest BCUT2D eigenvalue weighted by Gasteiger charge is 2.34. The lowest BCUT2D eigenvalue weighted by Gasteiger charge is -2.35. The van der Waals surface area contributed by atoms with E-state index in [1.54, 1.807) is 7.05 Å². The summed E-state index contributed by atoms with van der Waals surface area (Å²) in [5.41, 5.74) is 0.0981. The Morgan fingerprint density at radius 1 is 1.30 bits per heavy atom. The number of sulfone groups is 1. The fourth-order valence-corrected chi connectivity index (χ4v) is 3.71.